The van der Waals surface area contributed by atoms with E-state index in [-0.39, 0.29) is 5.91 Å². The maximum Gasteiger partial charge on any atom is 0.254 e. The molecule has 0 bridgehead atoms. The van der Waals surface area contributed by atoms with Gasteiger partial charge in [-0.3, -0.25) is 9.59 Å². The first kappa shape index (κ1) is 18.5. The molecule has 1 fully saturated rings. The van der Waals surface area contributed by atoms with Crippen molar-refractivity contribution in [2.45, 2.75) is 57.6 Å². The molecule has 1 aliphatic carbocycles. The van der Waals surface area contributed by atoms with Crippen molar-refractivity contribution >= 4 is 11.8 Å². The number of nitrogens with zero attached hydrogens (tertiary/aromatic N) is 1. The van der Waals surface area contributed by atoms with Crippen LogP contribution >= 0.6 is 0 Å². The number of aliphatic hydroxyl groups is 1. The van der Waals surface area contributed by atoms with E-state index in [9.17, 15) is 14.7 Å². The zero-order chi connectivity index (χ0) is 17.6. The third kappa shape index (κ3) is 3.96. The lowest BCUT2D eigenvalue weighted by Crippen LogP contribution is -2.61. The normalized spacial score (nSPS) is 17.8. The van der Waals surface area contributed by atoms with E-state index in [0.717, 1.165) is 19.3 Å². The van der Waals surface area contributed by atoms with Crippen molar-refractivity contribution in [3.05, 3.63) is 35.9 Å². The van der Waals surface area contributed by atoms with Crippen molar-refractivity contribution in [1.82, 2.24) is 10.2 Å². The Morgan fingerprint density at radius 1 is 1.12 bits per heavy atom. The van der Waals surface area contributed by atoms with E-state index in [1.807, 2.05) is 19.9 Å². The summed E-state index contributed by atoms with van der Waals surface area (Å²) in [6.07, 6.45) is 2.91. The predicted molar refractivity (Wildman–Crippen MR) is 93.3 cm³/mol. The summed E-state index contributed by atoms with van der Waals surface area (Å²) in [5, 5.41) is 13.2. The Kier molecular flexibility index (Phi) is 6.37. The fourth-order valence-corrected chi connectivity index (χ4v) is 3.45. The van der Waals surface area contributed by atoms with Gasteiger partial charge < -0.3 is 15.3 Å². The minimum atomic E-state index is -1.26. The van der Waals surface area contributed by atoms with Gasteiger partial charge in [-0.05, 0) is 32.3 Å². The van der Waals surface area contributed by atoms with E-state index in [0.29, 0.717) is 31.5 Å². The molecular weight excluding hydrogens is 304 g/mol. The number of carbonyl (C=O) groups is 2. The lowest BCUT2D eigenvalue weighted by molar-refractivity contribution is -0.145. The summed E-state index contributed by atoms with van der Waals surface area (Å²) in [5.41, 5.74) is -0.340. The molecule has 0 saturated heterocycles. The summed E-state index contributed by atoms with van der Waals surface area (Å²) in [7, 11) is 0. The molecule has 0 aliphatic heterocycles. The highest BCUT2D eigenvalue weighted by atomic mass is 16.3. The minimum Gasteiger partial charge on any atom is -0.378 e. The van der Waals surface area contributed by atoms with Gasteiger partial charge in [-0.15, -0.1) is 0 Å². The third-order valence-electron chi connectivity index (χ3n) is 4.89. The molecule has 132 valence electrons. The van der Waals surface area contributed by atoms with Crippen LogP contribution in [0.2, 0.25) is 0 Å². The van der Waals surface area contributed by atoms with Crippen LogP contribution in [0.1, 0.15) is 57.6 Å². The number of nitrogens with one attached hydrogen (secondary N) is 1. The molecule has 0 spiro atoms. The van der Waals surface area contributed by atoms with Crippen molar-refractivity contribution in [3.63, 3.8) is 0 Å². The topological polar surface area (TPSA) is 69.6 Å². The quantitative estimate of drug-likeness (QED) is 0.840. The van der Waals surface area contributed by atoms with Crippen LogP contribution < -0.4 is 5.32 Å². The van der Waals surface area contributed by atoms with Crippen molar-refractivity contribution in [1.29, 1.82) is 0 Å². The average molecular weight is 332 g/mol. The molecule has 2 amide bonds. The van der Waals surface area contributed by atoms with Gasteiger partial charge in [0.2, 0.25) is 5.91 Å². The number of benzene rings is 1. The fourth-order valence-electron chi connectivity index (χ4n) is 3.45. The van der Waals surface area contributed by atoms with Gasteiger partial charge in [-0.1, -0.05) is 49.6 Å². The van der Waals surface area contributed by atoms with Gasteiger partial charge in [0.05, 0.1) is 0 Å². The maximum absolute atomic E-state index is 13.0. The van der Waals surface area contributed by atoms with Gasteiger partial charge in [0.25, 0.3) is 5.91 Å². The first-order valence-corrected chi connectivity index (χ1v) is 8.88. The summed E-state index contributed by atoms with van der Waals surface area (Å²) in [6.45, 7) is 5.12. The zero-order valence-corrected chi connectivity index (χ0v) is 14.6. The Bertz CT molecular complexity index is 549. The maximum atomic E-state index is 13.0. The van der Waals surface area contributed by atoms with E-state index in [4.69, 9.17) is 0 Å². The molecule has 2 N–H and O–H groups in total. The van der Waals surface area contributed by atoms with E-state index < -0.39 is 17.6 Å². The smallest absolute Gasteiger partial charge is 0.254 e. The number of amides is 2. The SMILES string of the molecule is CCN(CC)C(=O)C1(NC(=O)C(O)c2ccccc2)CCCCC1. The van der Waals surface area contributed by atoms with Crippen molar-refractivity contribution in [2.24, 2.45) is 0 Å². The second kappa shape index (κ2) is 8.29. The van der Waals surface area contributed by atoms with E-state index in [2.05, 4.69) is 5.32 Å². The predicted octanol–water partition coefficient (Wildman–Crippen LogP) is 2.41. The molecule has 1 unspecified atom stereocenters. The van der Waals surface area contributed by atoms with Gasteiger partial charge in [0.15, 0.2) is 6.10 Å². The van der Waals surface area contributed by atoms with Crippen LogP contribution in [0.5, 0.6) is 0 Å². The molecule has 0 heterocycles. The van der Waals surface area contributed by atoms with E-state index in [1.165, 1.54) is 0 Å². The number of rotatable bonds is 6. The highest BCUT2D eigenvalue weighted by Gasteiger charge is 2.43. The van der Waals surface area contributed by atoms with Gasteiger partial charge in [-0.2, -0.15) is 0 Å². The third-order valence-corrected chi connectivity index (χ3v) is 4.89. The first-order chi connectivity index (χ1) is 11.5. The molecule has 24 heavy (non-hydrogen) atoms. The second-order valence-corrected chi connectivity index (χ2v) is 6.42. The highest BCUT2D eigenvalue weighted by molar-refractivity contribution is 5.93. The molecule has 0 aromatic heterocycles. The Labute approximate surface area is 144 Å². The van der Waals surface area contributed by atoms with Crippen molar-refractivity contribution in [2.75, 3.05) is 13.1 Å². The molecule has 2 rings (SSSR count). The van der Waals surface area contributed by atoms with Crippen LogP contribution in [0.3, 0.4) is 0 Å². The first-order valence-electron chi connectivity index (χ1n) is 8.88. The second-order valence-electron chi connectivity index (χ2n) is 6.42. The summed E-state index contributed by atoms with van der Waals surface area (Å²) in [5.74, 6) is -0.524. The number of hydrogen-bond acceptors (Lipinski definition) is 3. The van der Waals surface area contributed by atoms with Crippen LogP contribution in [0.25, 0.3) is 0 Å². The Hall–Kier alpha value is -1.88. The largest absolute Gasteiger partial charge is 0.378 e. The summed E-state index contributed by atoms with van der Waals surface area (Å²) >= 11 is 0. The molecule has 1 aromatic carbocycles. The summed E-state index contributed by atoms with van der Waals surface area (Å²) in [6, 6.07) is 8.82. The molecular formula is C19H28N2O3. The van der Waals surface area contributed by atoms with Crippen molar-refractivity contribution < 1.29 is 14.7 Å². The van der Waals surface area contributed by atoms with Gasteiger partial charge in [0.1, 0.15) is 5.54 Å². The zero-order valence-electron chi connectivity index (χ0n) is 14.6. The Balaban J connectivity index is 2.19. The average Bonchev–Trinajstić information content (AvgIpc) is 2.63. The molecule has 5 nitrogen and oxygen atoms in total. The standard InChI is InChI=1S/C19H28N2O3/c1-3-21(4-2)18(24)19(13-9-6-10-14-19)20-17(23)16(22)15-11-7-5-8-12-15/h5,7-8,11-12,16,22H,3-4,6,9-10,13-14H2,1-2H3,(H,20,23). The minimum absolute atomic E-state index is 0.0270. The molecule has 1 atom stereocenters. The van der Waals surface area contributed by atoms with Crippen LogP contribution in [0.15, 0.2) is 30.3 Å². The Morgan fingerprint density at radius 2 is 1.71 bits per heavy atom. The lowest BCUT2D eigenvalue weighted by Gasteiger charge is -2.40. The highest BCUT2D eigenvalue weighted by Crippen LogP contribution is 2.31. The Morgan fingerprint density at radius 3 is 2.25 bits per heavy atom. The molecule has 1 saturated carbocycles. The monoisotopic (exact) mass is 332 g/mol. The molecule has 1 aromatic rings. The van der Waals surface area contributed by atoms with Gasteiger partial charge in [-0.25, -0.2) is 0 Å². The number of aliphatic hydroxyl groups excluding tert-OH is 1. The molecule has 0 radical (unpaired) electrons. The van der Waals surface area contributed by atoms with E-state index in [1.54, 1.807) is 29.2 Å². The van der Waals surface area contributed by atoms with Gasteiger partial charge in [0, 0.05) is 13.1 Å². The molecule has 5 heteroatoms. The van der Waals surface area contributed by atoms with Crippen LogP contribution in [0.4, 0.5) is 0 Å². The lowest BCUT2D eigenvalue weighted by atomic mass is 9.80. The summed E-state index contributed by atoms with van der Waals surface area (Å²) < 4.78 is 0. The van der Waals surface area contributed by atoms with E-state index >= 15 is 0 Å². The van der Waals surface area contributed by atoms with Crippen LogP contribution in [0, 0.1) is 0 Å². The fraction of sp³-hybridized carbons (Fsp3) is 0.579. The van der Waals surface area contributed by atoms with Crippen molar-refractivity contribution in [3.8, 4) is 0 Å². The van der Waals surface area contributed by atoms with Crippen LogP contribution in [-0.4, -0.2) is 40.4 Å². The number of carbonyl (C=O) groups excluding carboxylic acids is 2. The number of hydrogen-bond donors (Lipinski definition) is 2. The number of likely N-dealkylation sites (N-methyl/N-ethyl adjacent to an activating group) is 1. The van der Waals surface area contributed by atoms with Crippen LogP contribution in [-0.2, 0) is 9.59 Å². The van der Waals surface area contributed by atoms with Gasteiger partial charge >= 0.3 is 0 Å². The summed E-state index contributed by atoms with van der Waals surface area (Å²) in [4.78, 5) is 27.4. The molecule has 1 aliphatic rings.